The predicted molar refractivity (Wildman–Crippen MR) is 70.1 cm³/mol. The van der Waals surface area contributed by atoms with Gasteiger partial charge in [-0.05, 0) is 24.8 Å². The van der Waals surface area contributed by atoms with Gasteiger partial charge >= 0.3 is 0 Å². The second-order valence-corrected chi connectivity index (χ2v) is 4.79. The van der Waals surface area contributed by atoms with Crippen LogP contribution in [-0.4, -0.2) is 17.4 Å². The summed E-state index contributed by atoms with van der Waals surface area (Å²) in [6.07, 6.45) is 3.50. The zero-order valence-corrected chi connectivity index (χ0v) is 10.9. The molecule has 0 aromatic carbocycles. The lowest BCUT2D eigenvalue weighted by Crippen LogP contribution is -2.24. The molecule has 1 rings (SSSR count). The van der Waals surface area contributed by atoms with Crippen LogP contribution in [0.4, 0.5) is 5.82 Å². The Kier molecular flexibility index (Phi) is 5.22. The number of hydrogen-bond acceptors (Lipinski definition) is 3. The maximum Gasteiger partial charge on any atom is 0.252 e. The number of nitrogens with two attached hydrogens (primary N) is 1. The first-order valence-electron chi connectivity index (χ1n) is 5.70. The summed E-state index contributed by atoms with van der Waals surface area (Å²) in [6, 6.07) is 1.53. The minimum absolute atomic E-state index is 0.164. The first kappa shape index (κ1) is 13.8. The van der Waals surface area contributed by atoms with Crippen LogP contribution in [0.3, 0.4) is 0 Å². The third-order valence-corrected chi connectivity index (χ3v) is 2.68. The van der Waals surface area contributed by atoms with Gasteiger partial charge in [0.25, 0.3) is 5.91 Å². The molecule has 1 amide bonds. The van der Waals surface area contributed by atoms with Crippen molar-refractivity contribution in [1.29, 1.82) is 0 Å². The summed E-state index contributed by atoms with van der Waals surface area (Å²) in [6.45, 7) is 4.98. The van der Waals surface area contributed by atoms with E-state index in [2.05, 4.69) is 24.1 Å². The monoisotopic (exact) mass is 255 g/mol. The zero-order valence-electron chi connectivity index (χ0n) is 10.2. The Morgan fingerprint density at radius 2 is 2.29 bits per heavy atom. The first-order valence-corrected chi connectivity index (χ1v) is 6.07. The highest BCUT2D eigenvalue weighted by Gasteiger charge is 2.07. The molecule has 0 aliphatic heterocycles. The van der Waals surface area contributed by atoms with E-state index in [0.29, 0.717) is 23.0 Å². The molecule has 5 heteroatoms. The Labute approximate surface area is 107 Å². The largest absolute Gasteiger partial charge is 0.382 e. The first-order chi connectivity index (χ1) is 8.00. The van der Waals surface area contributed by atoms with Crippen LogP contribution in [0.5, 0.6) is 0 Å². The molecule has 94 valence electrons. The van der Waals surface area contributed by atoms with Crippen LogP contribution in [0, 0.1) is 5.92 Å². The average molecular weight is 256 g/mol. The molecule has 3 N–H and O–H groups in total. The smallest absolute Gasteiger partial charge is 0.252 e. The van der Waals surface area contributed by atoms with Gasteiger partial charge in [0.2, 0.25) is 0 Å². The van der Waals surface area contributed by atoms with Gasteiger partial charge in [-0.3, -0.25) is 4.79 Å². The molecule has 4 nitrogen and oxygen atoms in total. The molecular formula is C12H18ClN3O. The van der Waals surface area contributed by atoms with Gasteiger partial charge in [-0.15, -0.1) is 0 Å². The highest BCUT2D eigenvalue weighted by Crippen LogP contribution is 2.16. The third-order valence-electron chi connectivity index (χ3n) is 2.38. The number of rotatable bonds is 5. The number of carbonyl (C=O) groups excluding carboxylic acids is 1. The van der Waals surface area contributed by atoms with E-state index in [1.807, 2.05) is 0 Å². The maximum absolute atomic E-state index is 11.7. The summed E-state index contributed by atoms with van der Waals surface area (Å²) in [4.78, 5) is 15.5. The van der Waals surface area contributed by atoms with Crippen LogP contribution in [-0.2, 0) is 0 Å². The van der Waals surface area contributed by atoms with E-state index in [1.54, 1.807) is 0 Å². The lowest BCUT2D eigenvalue weighted by Gasteiger charge is -2.07. The van der Waals surface area contributed by atoms with Gasteiger partial charge in [-0.25, -0.2) is 4.98 Å². The van der Waals surface area contributed by atoms with Crippen molar-refractivity contribution in [2.45, 2.75) is 26.7 Å². The molecule has 0 aliphatic carbocycles. The highest BCUT2D eigenvalue weighted by molar-refractivity contribution is 6.33. The quantitative estimate of drug-likeness (QED) is 0.795. The van der Waals surface area contributed by atoms with E-state index in [4.69, 9.17) is 17.3 Å². The molecule has 17 heavy (non-hydrogen) atoms. The van der Waals surface area contributed by atoms with Crippen LogP contribution in [0.25, 0.3) is 0 Å². The summed E-state index contributed by atoms with van der Waals surface area (Å²) >= 11 is 5.79. The molecule has 1 heterocycles. The van der Waals surface area contributed by atoms with Gasteiger partial charge in [0.1, 0.15) is 5.82 Å². The number of nitrogens with one attached hydrogen (secondary N) is 1. The molecule has 1 aromatic rings. The van der Waals surface area contributed by atoms with E-state index in [1.165, 1.54) is 12.3 Å². The number of anilines is 1. The second-order valence-electron chi connectivity index (χ2n) is 4.38. The number of nitrogen functional groups attached to an aromatic ring is 1. The maximum atomic E-state index is 11.7. The van der Waals surface area contributed by atoms with Gasteiger partial charge in [-0.2, -0.15) is 0 Å². The van der Waals surface area contributed by atoms with Crippen molar-refractivity contribution < 1.29 is 4.79 Å². The molecule has 0 fully saturated rings. The molecule has 0 radical (unpaired) electrons. The minimum Gasteiger partial charge on any atom is -0.382 e. The fourth-order valence-corrected chi connectivity index (χ4v) is 1.55. The van der Waals surface area contributed by atoms with Crippen LogP contribution < -0.4 is 11.1 Å². The van der Waals surface area contributed by atoms with E-state index in [-0.39, 0.29) is 11.7 Å². The fraction of sp³-hybridized carbons (Fsp3) is 0.500. The molecule has 0 saturated heterocycles. The molecule has 0 unspecified atom stereocenters. The molecule has 0 spiro atoms. The van der Waals surface area contributed by atoms with Crippen molar-refractivity contribution in [1.82, 2.24) is 10.3 Å². The van der Waals surface area contributed by atoms with E-state index in [9.17, 15) is 4.79 Å². The second kappa shape index (κ2) is 6.45. The number of pyridine rings is 1. The lowest BCUT2D eigenvalue weighted by molar-refractivity contribution is 0.0952. The lowest BCUT2D eigenvalue weighted by atomic mass is 10.1. The van der Waals surface area contributed by atoms with Crippen LogP contribution >= 0.6 is 11.6 Å². The summed E-state index contributed by atoms with van der Waals surface area (Å²) in [7, 11) is 0. The predicted octanol–water partition coefficient (Wildman–Crippen LogP) is 2.48. The average Bonchev–Trinajstić information content (AvgIpc) is 2.27. The zero-order chi connectivity index (χ0) is 12.8. The minimum atomic E-state index is -0.164. The number of amides is 1. The Balaban J connectivity index is 2.44. The van der Waals surface area contributed by atoms with E-state index in [0.717, 1.165) is 12.8 Å². The fourth-order valence-electron chi connectivity index (χ4n) is 1.39. The molecule has 0 saturated carbocycles. The Morgan fingerprint density at radius 1 is 1.59 bits per heavy atom. The van der Waals surface area contributed by atoms with E-state index < -0.39 is 0 Å². The highest BCUT2D eigenvalue weighted by atomic mass is 35.5. The molecule has 0 bridgehead atoms. The SMILES string of the molecule is CC(C)CCCNC(=O)c1cnc(N)c(Cl)c1. The van der Waals surface area contributed by atoms with Gasteiger partial charge in [0, 0.05) is 12.7 Å². The van der Waals surface area contributed by atoms with Crippen molar-refractivity contribution in [2.24, 2.45) is 5.92 Å². The Morgan fingerprint density at radius 3 is 2.88 bits per heavy atom. The summed E-state index contributed by atoms with van der Waals surface area (Å²) in [5, 5.41) is 3.13. The Bertz CT molecular complexity index is 393. The van der Waals surface area contributed by atoms with Gasteiger partial charge < -0.3 is 11.1 Å². The van der Waals surface area contributed by atoms with Crippen LogP contribution in [0.1, 0.15) is 37.0 Å². The van der Waals surface area contributed by atoms with Crippen LogP contribution in [0.2, 0.25) is 5.02 Å². The summed E-state index contributed by atoms with van der Waals surface area (Å²) < 4.78 is 0. The normalized spacial score (nSPS) is 10.6. The molecular weight excluding hydrogens is 238 g/mol. The van der Waals surface area contributed by atoms with E-state index >= 15 is 0 Å². The van der Waals surface area contributed by atoms with Gasteiger partial charge in [0.15, 0.2) is 0 Å². The number of halogens is 1. The van der Waals surface area contributed by atoms with Crippen molar-refractivity contribution in [2.75, 3.05) is 12.3 Å². The summed E-state index contributed by atoms with van der Waals surface area (Å²) in [5.74, 6) is 0.728. The number of aromatic nitrogens is 1. The third kappa shape index (κ3) is 4.61. The van der Waals surface area contributed by atoms with Gasteiger partial charge in [-0.1, -0.05) is 25.4 Å². The number of carbonyl (C=O) groups is 1. The standard InChI is InChI=1S/C12H18ClN3O/c1-8(2)4-3-5-15-12(17)9-6-10(13)11(14)16-7-9/h6-8H,3-5H2,1-2H3,(H2,14,16)(H,15,17). The van der Waals surface area contributed by atoms with Crippen molar-refractivity contribution in [3.8, 4) is 0 Å². The number of hydrogen-bond donors (Lipinski definition) is 2. The Hall–Kier alpha value is -1.29. The number of nitrogens with zero attached hydrogens (tertiary/aromatic N) is 1. The summed E-state index contributed by atoms with van der Waals surface area (Å²) in [5.41, 5.74) is 5.91. The topological polar surface area (TPSA) is 68.0 Å². The molecule has 0 aliphatic rings. The van der Waals surface area contributed by atoms with Gasteiger partial charge in [0.05, 0.1) is 10.6 Å². The molecule has 1 aromatic heterocycles. The molecule has 0 atom stereocenters. The van der Waals surface area contributed by atoms with Crippen molar-refractivity contribution in [3.63, 3.8) is 0 Å². The van der Waals surface area contributed by atoms with Crippen molar-refractivity contribution in [3.05, 3.63) is 22.8 Å². The van der Waals surface area contributed by atoms with Crippen molar-refractivity contribution >= 4 is 23.3 Å². The van der Waals surface area contributed by atoms with Crippen LogP contribution in [0.15, 0.2) is 12.3 Å².